The number of hydrogen-bond donors (Lipinski definition) is 1. The number of rotatable bonds is 4. The second kappa shape index (κ2) is 7.95. The first-order chi connectivity index (χ1) is 13.7. The van der Waals surface area contributed by atoms with E-state index in [9.17, 15) is 19.1 Å². The molecule has 1 atom stereocenters. The zero-order valence-electron chi connectivity index (χ0n) is 17.0. The molecule has 0 amide bonds. The van der Waals surface area contributed by atoms with Gasteiger partial charge in [0.05, 0.1) is 19.8 Å². The second-order valence-electron chi connectivity index (χ2n) is 8.12. The predicted molar refractivity (Wildman–Crippen MR) is 106 cm³/mol. The van der Waals surface area contributed by atoms with Gasteiger partial charge in [0, 0.05) is 11.1 Å². The molecule has 0 saturated heterocycles. The molecule has 29 heavy (non-hydrogen) atoms. The molecule has 5 nitrogen and oxygen atoms in total. The molecule has 3 rings (SSSR count). The fourth-order valence-corrected chi connectivity index (χ4v) is 4.02. The van der Waals surface area contributed by atoms with E-state index in [0.717, 1.165) is 24.0 Å². The molecule has 0 bridgehead atoms. The maximum absolute atomic E-state index is 13.5. The van der Waals surface area contributed by atoms with Crippen molar-refractivity contribution in [2.45, 2.75) is 39.2 Å². The van der Waals surface area contributed by atoms with E-state index < -0.39 is 23.9 Å². The Morgan fingerprint density at radius 1 is 1.14 bits per heavy atom. The molecule has 0 aliphatic heterocycles. The molecule has 1 aliphatic carbocycles. The van der Waals surface area contributed by atoms with Gasteiger partial charge in [-0.3, -0.25) is 0 Å². The Bertz CT molecular complexity index is 947. The van der Waals surface area contributed by atoms with Crippen LogP contribution in [0.1, 0.15) is 53.4 Å². The highest BCUT2D eigenvalue weighted by Crippen LogP contribution is 2.43. The van der Waals surface area contributed by atoms with Gasteiger partial charge in [-0.1, -0.05) is 32.0 Å². The van der Waals surface area contributed by atoms with Gasteiger partial charge in [-0.15, -0.1) is 0 Å². The number of methoxy groups -OCH3 is 2. The zero-order valence-corrected chi connectivity index (χ0v) is 17.0. The fraction of sp³-hybridized carbons (Fsp3) is 0.391. The van der Waals surface area contributed by atoms with Crippen LogP contribution in [0.3, 0.4) is 0 Å². The smallest absolute Gasteiger partial charge is 0.339 e. The van der Waals surface area contributed by atoms with Crippen molar-refractivity contribution in [3.63, 3.8) is 0 Å². The molecular weight excluding hydrogens is 375 g/mol. The summed E-state index contributed by atoms with van der Waals surface area (Å²) in [7, 11) is 2.42. The third kappa shape index (κ3) is 4.03. The lowest BCUT2D eigenvalue weighted by Gasteiger charge is -2.34. The van der Waals surface area contributed by atoms with Crippen LogP contribution in [0.25, 0.3) is 11.1 Å². The Labute approximate surface area is 169 Å². The van der Waals surface area contributed by atoms with Gasteiger partial charge in [-0.25, -0.2) is 14.0 Å². The molecule has 1 N–H and O–H groups in total. The summed E-state index contributed by atoms with van der Waals surface area (Å²) in [5, 5.41) is 10.6. The molecule has 2 aromatic carbocycles. The molecule has 6 heteroatoms. The molecule has 0 radical (unpaired) electrons. The van der Waals surface area contributed by atoms with E-state index in [1.54, 1.807) is 18.2 Å². The van der Waals surface area contributed by atoms with E-state index >= 15 is 0 Å². The monoisotopic (exact) mass is 400 g/mol. The van der Waals surface area contributed by atoms with E-state index in [0.29, 0.717) is 17.5 Å². The molecule has 0 heterocycles. The molecule has 1 unspecified atom stereocenters. The Kier molecular flexibility index (Phi) is 5.75. The molecule has 0 spiro atoms. The Balaban J connectivity index is 2.37. The third-order valence-corrected chi connectivity index (χ3v) is 5.52. The number of esters is 2. The van der Waals surface area contributed by atoms with Gasteiger partial charge in [0.15, 0.2) is 6.10 Å². The quantitative estimate of drug-likeness (QED) is 0.786. The normalized spacial score (nSPS) is 15.9. The van der Waals surface area contributed by atoms with Crippen LogP contribution in [-0.2, 0) is 27.1 Å². The maximum Gasteiger partial charge on any atom is 0.339 e. The number of carbonyl (C=O) groups is 2. The van der Waals surface area contributed by atoms with Crippen LogP contribution in [0.15, 0.2) is 30.3 Å². The number of ether oxygens (including phenoxy) is 2. The lowest BCUT2D eigenvalue weighted by atomic mass is 9.71. The lowest BCUT2D eigenvalue weighted by molar-refractivity contribution is -0.150. The summed E-state index contributed by atoms with van der Waals surface area (Å²) in [5.41, 5.74) is 3.38. The molecule has 0 aromatic heterocycles. The van der Waals surface area contributed by atoms with Gasteiger partial charge in [-0.05, 0) is 53.5 Å². The maximum atomic E-state index is 13.5. The number of aliphatic hydroxyl groups is 1. The van der Waals surface area contributed by atoms with Crippen LogP contribution in [0.5, 0.6) is 0 Å². The molecule has 154 valence electrons. The summed E-state index contributed by atoms with van der Waals surface area (Å²) in [4.78, 5) is 24.9. The highest BCUT2D eigenvalue weighted by molar-refractivity contribution is 6.01. The average molecular weight is 400 g/mol. The number of fused-ring (bicyclic) bond motifs is 1. The summed E-state index contributed by atoms with van der Waals surface area (Å²) in [6, 6.07) is 7.52. The summed E-state index contributed by atoms with van der Waals surface area (Å²) in [6.45, 7) is 4.30. The first-order valence-corrected chi connectivity index (χ1v) is 9.47. The summed E-state index contributed by atoms with van der Waals surface area (Å²) < 4.78 is 23.2. The SMILES string of the molecule is COC(=O)c1c(C(O)C(=O)OC)cc2c(c1-c1ccc(F)cc1)CCC(C)(C)C2. The number of aliphatic hydroxyl groups excluding tert-OH is 1. The van der Waals surface area contributed by atoms with Crippen LogP contribution in [-0.4, -0.2) is 31.3 Å². The average Bonchev–Trinajstić information content (AvgIpc) is 2.70. The van der Waals surface area contributed by atoms with E-state index in [-0.39, 0.29) is 16.5 Å². The van der Waals surface area contributed by atoms with Crippen molar-refractivity contribution in [2.75, 3.05) is 14.2 Å². The highest BCUT2D eigenvalue weighted by atomic mass is 19.1. The minimum Gasteiger partial charge on any atom is -0.467 e. The lowest BCUT2D eigenvalue weighted by Crippen LogP contribution is -2.26. The van der Waals surface area contributed by atoms with Crippen molar-refractivity contribution in [3.8, 4) is 11.1 Å². The largest absolute Gasteiger partial charge is 0.467 e. The van der Waals surface area contributed by atoms with Crippen molar-refractivity contribution >= 4 is 11.9 Å². The van der Waals surface area contributed by atoms with Gasteiger partial charge in [0.2, 0.25) is 0 Å². The van der Waals surface area contributed by atoms with Crippen LogP contribution < -0.4 is 0 Å². The molecular formula is C23H25FO5. The first-order valence-electron chi connectivity index (χ1n) is 9.47. The summed E-state index contributed by atoms with van der Waals surface area (Å²) in [6.07, 6.45) is 0.712. The summed E-state index contributed by atoms with van der Waals surface area (Å²) in [5.74, 6) is -1.93. The van der Waals surface area contributed by atoms with Crippen LogP contribution in [0, 0.1) is 11.2 Å². The Morgan fingerprint density at radius 2 is 1.79 bits per heavy atom. The number of hydrogen-bond acceptors (Lipinski definition) is 5. The van der Waals surface area contributed by atoms with Crippen LogP contribution in [0.4, 0.5) is 4.39 Å². The minimum atomic E-state index is -1.64. The topological polar surface area (TPSA) is 72.8 Å². The highest BCUT2D eigenvalue weighted by Gasteiger charge is 2.34. The van der Waals surface area contributed by atoms with Crippen molar-refractivity contribution in [1.29, 1.82) is 0 Å². The predicted octanol–water partition coefficient (Wildman–Crippen LogP) is 4.00. The zero-order chi connectivity index (χ0) is 21.3. The molecule has 1 aliphatic rings. The van der Waals surface area contributed by atoms with E-state index in [4.69, 9.17) is 9.47 Å². The first kappa shape index (κ1) is 21.0. The van der Waals surface area contributed by atoms with E-state index in [1.165, 1.54) is 26.4 Å². The Hall–Kier alpha value is -2.73. The van der Waals surface area contributed by atoms with Gasteiger partial charge in [-0.2, -0.15) is 0 Å². The molecule has 2 aromatic rings. The van der Waals surface area contributed by atoms with Gasteiger partial charge < -0.3 is 14.6 Å². The van der Waals surface area contributed by atoms with Crippen molar-refractivity contribution < 1.29 is 28.6 Å². The van der Waals surface area contributed by atoms with E-state index in [1.807, 2.05) is 0 Å². The third-order valence-electron chi connectivity index (χ3n) is 5.52. The fourth-order valence-electron chi connectivity index (χ4n) is 4.02. The number of benzene rings is 2. The number of halogens is 1. The standard InChI is InChI=1S/C23H25FO5/c1-23(2)10-9-16-14(12-23)11-17(20(25)22(27)29-4)19(21(26)28-3)18(16)13-5-7-15(24)8-6-13/h5-8,11,20,25H,9-10,12H2,1-4H3. The summed E-state index contributed by atoms with van der Waals surface area (Å²) >= 11 is 0. The molecule has 0 fully saturated rings. The minimum absolute atomic E-state index is 0.0351. The Morgan fingerprint density at radius 3 is 2.38 bits per heavy atom. The molecule has 0 saturated carbocycles. The van der Waals surface area contributed by atoms with Crippen LogP contribution in [0.2, 0.25) is 0 Å². The van der Waals surface area contributed by atoms with Gasteiger partial charge in [0.1, 0.15) is 5.82 Å². The van der Waals surface area contributed by atoms with Gasteiger partial charge >= 0.3 is 11.9 Å². The second-order valence-corrected chi connectivity index (χ2v) is 8.12. The van der Waals surface area contributed by atoms with E-state index in [2.05, 4.69) is 13.8 Å². The van der Waals surface area contributed by atoms with Crippen molar-refractivity contribution in [2.24, 2.45) is 5.41 Å². The van der Waals surface area contributed by atoms with Crippen molar-refractivity contribution in [1.82, 2.24) is 0 Å². The van der Waals surface area contributed by atoms with Crippen molar-refractivity contribution in [3.05, 3.63) is 58.4 Å². The van der Waals surface area contributed by atoms with Crippen LogP contribution >= 0.6 is 0 Å². The number of carbonyl (C=O) groups excluding carboxylic acids is 2. The van der Waals surface area contributed by atoms with Gasteiger partial charge in [0.25, 0.3) is 0 Å².